The van der Waals surface area contributed by atoms with Gasteiger partial charge in [0.05, 0.1) is 36.4 Å². The van der Waals surface area contributed by atoms with Crippen molar-refractivity contribution in [1.82, 2.24) is 19.7 Å². The van der Waals surface area contributed by atoms with Crippen LogP contribution in [0.25, 0.3) is 11.3 Å². The molecule has 0 unspecified atom stereocenters. The van der Waals surface area contributed by atoms with Crippen LogP contribution in [0.15, 0.2) is 41.5 Å². The standard InChI is InChI=1S/C32H39N7O5/c1-20-14-22-15-25(34-20)23-16-33-37(5)29(23)42-13-8-6-7-12-39-27-24(35-30(39)36-28(22)40)10-9-11-26(27)43-19-21-17-38(18-21)31(41)44-32(2,3)4/h9-11,14-16,21H,6-8,12-13,17-19H2,1-5H3,(H,35,36,40). The van der Waals surface area contributed by atoms with Crippen molar-refractivity contribution < 1.29 is 23.8 Å². The van der Waals surface area contributed by atoms with Crippen LogP contribution in [0.1, 0.15) is 56.1 Å². The normalized spacial score (nSPS) is 18.3. The van der Waals surface area contributed by atoms with Gasteiger partial charge in [-0.25, -0.2) is 9.48 Å². The molecule has 3 aromatic rings. The Morgan fingerprint density at radius 3 is 2.77 bits per heavy atom. The van der Waals surface area contributed by atoms with E-state index in [0.717, 1.165) is 36.2 Å². The summed E-state index contributed by atoms with van der Waals surface area (Å²) in [5.74, 6) is 1.62. The van der Waals surface area contributed by atoms with Gasteiger partial charge in [-0.15, -0.1) is 0 Å². The van der Waals surface area contributed by atoms with Gasteiger partial charge in [0.1, 0.15) is 17.0 Å². The van der Waals surface area contributed by atoms with E-state index in [1.54, 1.807) is 27.9 Å². The number of nitrogens with one attached hydrogen (secondary N) is 1. The maximum absolute atomic E-state index is 13.6. The predicted molar refractivity (Wildman–Crippen MR) is 166 cm³/mol. The fourth-order valence-electron chi connectivity index (χ4n) is 5.56. The van der Waals surface area contributed by atoms with E-state index in [0.29, 0.717) is 67.4 Å². The van der Waals surface area contributed by atoms with Crippen LogP contribution >= 0.6 is 0 Å². The summed E-state index contributed by atoms with van der Waals surface area (Å²) in [4.78, 5) is 38.9. The second kappa shape index (κ2) is 11.8. The monoisotopic (exact) mass is 601 g/mol. The van der Waals surface area contributed by atoms with Crippen molar-refractivity contribution in [2.75, 3.05) is 43.1 Å². The first-order valence-corrected chi connectivity index (χ1v) is 15.1. The Morgan fingerprint density at radius 1 is 1.16 bits per heavy atom. The number of para-hydroxylation sites is 1. The number of rotatable bonds is 3. The predicted octanol–water partition coefficient (Wildman–Crippen LogP) is 5.03. The lowest BCUT2D eigenvalue weighted by atomic mass is 10.0. The lowest BCUT2D eigenvalue weighted by molar-refractivity contribution is -0.00779. The zero-order chi connectivity index (χ0) is 31.0. The lowest BCUT2D eigenvalue weighted by Crippen LogP contribution is -2.53. The molecular weight excluding hydrogens is 562 g/mol. The number of hydrogen-bond acceptors (Lipinski definition) is 9. The molecule has 3 aliphatic heterocycles. The van der Waals surface area contributed by atoms with Crippen molar-refractivity contribution in [3.8, 4) is 22.9 Å². The summed E-state index contributed by atoms with van der Waals surface area (Å²) in [6.07, 6.45) is 4.04. The molecule has 0 atom stereocenters. The summed E-state index contributed by atoms with van der Waals surface area (Å²) in [6, 6.07) is 9.29. The summed E-state index contributed by atoms with van der Waals surface area (Å²) in [5.41, 5.74) is 3.64. The van der Waals surface area contributed by atoms with Crippen LogP contribution in [0.4, 0.5) is 16.2 Å². The molecule has 1 fully saturated rings. The van der Waals surface area contributed by atoms with Gasteiger partial charge in [-0.2, -0.15) is 10.1 Å². The first-order chi connectivity index (χ1) is 21.1. The van der Waals surface area contributed by atoms with Crippen LogP contribution in [0.2, 0.25) is 0 Å². The Labute approximate surface area is 257 Å². The van der Waals surface area contributed by atoms with Gasteiger partial charge in [0.25, 0.3) is 5.91 Å². The maximum atomic E-state index is 13.6. The number of likely N-dealkylation sites (tertiary alicyclic amines) is 1. The van der Waals surface area contributed by atoms with Gasteiger partial charge >= 0.3 is 6.09 Å². The minimum absolute atomic E-state index is 0.203. The highest BCUT2D eigenvalue weighted by Gasteiger charge is 2.35. The highest BCUT2D eigenvalue weighted by Crippen LogP contribution is 2.41. The molecule has 232 valence electrons. The minimum Gasteiger partial charge on any atom is -0.491 e. The van der Waals surface area contributed by atoms with E-state index in [1.807, 2.05) is 57.8 Å². The molecule has 1 N–H and O–H groups in total. The van der Waals surface area contributed by atoms with Gasteiger partial charge in [-0.1, -0.05) is 6.07 Å². The number of carbonyl (C=O) groups excluding carboxylic acids is 2. The smallest absolute Gasteiger partial charge is 0.410 e. The Morgan fingerprint density at radius 2 is 1.98 bits per heavy atom. The third kappa shape index (κ3) is 6.20. The largest absolute Gasteiger partial charge is 0.491 e. The van der Waals surface area contributed by atoms with E-state index >= 15 is 0 Å². The number of ether oxygens (including phenoxy) is 3. The minimum atomic E-state index is -0.523. The van der Waals surface area contributed by atoms with Crippen molar-refractivity contribution in [1.29, 1.82) is 0 Å². The van der Waals surface area contributed by atoms with E-state index in [1.165, 1.54) is 0 Å². The van der Waals surface area contributed by atoms with Crippen molar-refractivity contribution in [3.63, 3.8) is 0 Å². The topological polar surface area (TPSA) is 123 Å². The van der Waals surface area contributed by atoms with Crippen molar-refractivity contribution in [2.24, 2.45) is 18.0 Å². The van der Waals surface area contributed by atoms with Gasteiger partial charge in [-0.05, 0) is 71.2 Å². The summed E-state index contributed by atoms with van der Waals surface area (Å²) in [7, 11) is 1.83. The zero-order valence-corrected chi connectivity index (χ0v) is 25.9. The van der Waals surface area contributed by atoms with Crippen molar-refractivity contribution in [3.05, 3.63) is 47.8 Å². The number of aliphatic imine (C=N–C) groups is 1. The number of aryl methyl sites for hydroxylation is 2. The van der Waals surface area contributed by atoms with Crippen LogP contribution in [-0.2, 0) is 11.8 Å². The molecule has 2 amide bonds. The summed E-state index contributed by atoms with van der Waals surface area (Å²) in [6.45, 7) is 10.3. The molecule has 2 bridgehead atoms. The van der Waals surface area contributed by atoms with Crippen LogP contribution in [0.5, 0.6) is 11.6 Å². The van der Waals surface area contributed by atoms with Crippen LogP contribution in [0, 0.1) is 12.8 Å². The van der Waals surface area contributed by atoms with E-state index < -0.39 is 5.60 Å². The maximum Gasteiger partial charge on any atom is 0.410 e. The number of anilines is 2. The van der Waals surface area contributed by atoms with Crippen LogP contribution in [-0.4, -0.2) is 76.1 Å². The molecule has 6 rings (SSSR count). The number of guanidine groups is 1. The van der Waals surface area contributed by atoms with E-state index in [4.69, 9.17) is 14.2 Å². The molecule has 2 aromatic heterocycles. The van der Waals surface area contributed by atoms with Crippen molar-refractivity contribution in [2.45, 2.75) is 52.6 Å². The lowest BCUT2D eigenvalue weighted by Gasteiger charge is -2.39. The van der Waals surface area contributed by atoms with Gasteiger partial charge in [0.15, 0.2) is 0 Å². The highest BCUT2D eigenvalue weighted by atomic mass is 16.6. The van der Waals surface area contributed by atoms with Crippen LogP contribution < -0.4 is 19.7 Å². The second-order valence-corrected chi connectivity index (χ2v) is 12.5. The SMILES string of the molecule is Cc1cc2cc(n1)-c1cnn(C)c1OCCCCCN1/C(=N/C2=O)Nc2cccc(OCC3CN(C(=O)OC(C)(C)C)C3)c21. The van der Waals surface area contributed by atoms with E-state index in [-0.39, 0.29) is 17.9 Å². The molecule has 12 nitrogen and oxygen atoms in total. The summed E-state index contributed by atoms with van der Waals surface area (Å²) < 4.78 is 19.6. The first kappa shape index (κ1) is 29.5. The number of nitrogens with zero attached hydrogens (tertiary/aromatic N) is 6. The van der Waals surface area contributed by atoms with E-state index in [9.17, 15) is 9.59 Å². The Balaban J connectivity index is 1.23. The molecule has 3 aliphatic rings. The molecule has 12 heteroatoms. The second-order valence-electron chi connectivity index (χ2n) is 12.5. The van der Waals surface area contributed by atoms with Gasteiger partial charge < -0.3 is 29.3 Å². The number of pyridine rings is 1. The Hall–Kier alpha value is -4.61. The fraction of sp³-hybridized carbons (Fsp3) is 0.469. The Kier molecular flexibility index (Phi) is 7.91. The zero-order valence-electron chi connectivity index (χ0n) is 25.9. The molecule has 1 saturated heterocycles. The number of amides is 2. The number of hydrogen-bond donors (Lipinski definition) is 1. The highest BCUT2D eigenvalue weighted by molar-refractivity contribution is 6.20. The van der Waals surface area contributed by atoms with Crippen molar-refractivity contribution >= 4 is 29.3 Å². The van der Waals surface area contributed by atoms with Gasteiger partial charge in [0.2, 0.25) is 11.8 Å². The summed E-state index contributed by atoms with van der Waals surface area (Å²) >= 11 is 0. The van der Waals surface area contributed by atoms with Gasteiger partial charge in [0, 0.05) is 43.9 Å². The van der Waals surface area contributed by atoms with E-state index in [2.05, 4.69) is 20.4 Å². The number of carbonyl (C=O) groups is 2. The van der Waals surface area contributed by atoms with Crippen LogP contribution in [0.3, 0.4) is 0 Å². The molecule has 5 heterocycles. The molecule has 0 aliphatic carbocycles. The summed E-state index contributed by atoms with van der Waals surface area (Å²) in [5, 5.41) is 7.72. The Bertz CT molecular complexity index is 1600. The average Bonchev–Trinajstić information content (AvgIpc) is 3.47. The molecule has 0 radical (unpaired) electrons. The first-order valence-electron chi connectivity index (χ1n) is 15.1. The molecule has 1 aromatic carbocycles. The fourth-order valence-corrected chi connectivity index (χ4v) is 5.56. The third-order valence-corrected chi connectivity index (χ3v) is 7.69. The molecule has 0 spiro atoms. The number of benzene rings is 1. The quantitative estimate of drug-likeness (QED) is 0.440. The number of fused-ring (bicyclic) bond motifs is 7. The average molecular weight is 602 g/mol. The molecule has 44 heavy (non-hydrogen) atoms. The third-order valence-electron chi connectivity index (χ3n) is 7.69. The van der Waals surface area contributed by atoms with Gasteiger partial charge in [-0.3, -0.25) is 9.78 Å². The number of aromatic nitrogens is 3. The molecule has 0 saturated carbocycles. The molecular formula is C32H39N7O5.